The minimum Gasteiger partial charge on any atom is -0.466 e. The van der Waals surface area contributed by atoms with Gasteiger partial charge in [0.05, 0.1) is 18.7 Å². The third-order valence-electron chi connectivity index (χ3n) is 4.02. The number of para-hydroxylation sites is 1. The van der Waals surface area contributed by atoms with E-state index in [1.807, 2.05) is 18.2 Å². The number of urea groups is 1. The molecule has 1 aliphatic heterocycles. The molecule has 1 fully saturated rings. The molecule has 2 atom stereocenters. The quantitative estimate of drug-likeness (QED) is 0.653. The van der Waals surface area contributed by atoms with E-state index < -0.39 is 24.1 Å². The van der Waals surface area contributed by atoms with Crippen molar-refractivity contribution in [3.05, 3.63) is 42.5 Å². The van der Waals surface area contributed by atoms with Gasteiger partial charge >= 0.3 is 18.0 Å². The highest BCUT2D eigenvalue weighted by Gasteiger charge is 2.40. The van der Waals surface area contributed by atoms with Crippen LogP contribution >= 0.6 is 0 Å². The number of carbonyl (C=O) groups is 3. The third-order valence-corrected chi connectivity index (χ3v) is 4.02. The van der Waals surface area contributed by atoms with Gasteiger partial charge in [-0.2, -0.15) is 0 Å². The summed E-state index contributed by atoms with van der Waals surface area (Å²) < 4.78 is 9.97. The van der Waals surface area contributed by atoms with Gasteiger partial charge in [-0.3, -0.25) is 4.79 Å². The molecule has 1 aliphatic rings. The van der Waals surface area contributed by atoms with Crippen molar-refractivity contribution in [2.45, 2.75) is 31.9 Å². The molecule has 7 heteroatoms. The van der Waals surface area contributed by atoms with E-state index in [-0.39, 0.29) is 11.6 Å². The van der Waals surface area contributed by atoms with Gasteiger partial charge in [-0.1, -0.05) is 24.8 Å². The Bertz CT molecular complexity index is 659. The SMILES string of the molecule is C=C(C(=O)OC)C(OC(C)=O)[C@@H]1CCCN1C(=O)Nc1ccccc1. The molecule has 1 unspecified atom stereocenters. The number of nitrogens with one attached hydrogen (secondary N) is 1. The van der Waals surface area contributed by atoms with Gasteiger partial charge < -0.3 is 19.7 Å². The van der Waals surface area contributed by atoms with Crippen molar-refractivity contribution in [3.63, 3.8) is 0 Å². The number of anilines is 1. The van der Waals surface area contributed by atoms with Gasteiger partial charge in [-0.15, -0.1) is 0 Å². The monoisotopic (exact) mass is 346 g/mol. The van der Waals surface area contributed by atoms with Gasteiger partial charge in [0.25, 0.3) is 0 Å². The summed E-state index contributed by atoms with van der Waals surface area (Å²) in [6, 6.07) is 8.25. The molecule has 0 saturated carbocycles. The first-order chi connectivity index (χ1) is 11.9. The fourth-order valence-electron chi connectivity index (χ4n) is 2.88. The van der Waals surface area contributed by atoms with E-state index in [1.54, 1.807) is 17.0 Å². The molecule has 134 valence electrons. The predicted molar refractivity (Wildman–Crippen MR) is 91.9 cm³/mol. The Kier molecular flexibility index (Phi) is 6.16. The average Bonchev–Trinajstić information content (AvgIpc) is 3.08. The van der Waals surface area contributed by atoms with Gasteiger partial charge in [-0.05, 0) is 25.0 Å². The largest absolute Gasteiger partial charge is 0.466 e. The third kappa shape index (κ3) is 4.59. The number of benzene rings is 1. The summed E-state index contributed by atoms with van der Waals surface area (Å²) in [6.45, 7) is 5.44. The lowest BCUT2D eigenvalue weighted by Gasteiger charge is -2.31. The molecule has 0 bridgehead atoms. The van der Waals surface area contributed by atoms with Crippen LogP contribution in [0.15, 0.2) is 42.5 Å². The first kappa shape index (κ1) is 18.5. The zero-order chi connectivity index (χ0) is 18.4. The van der Waals surface area contributed by atoms with Crippen molar-refractivity contribution in [1.82, 2.24) is 4.90 Å². The van der Waals surface area contributed by atoms with Gasteiger partial charge in [0, 0.05) is 19.2 Å². The second-order valence-corrected chi connectivity index (χ2v) is 5.75. The molecule has 1 aromatic carbocycles. The summed E-state index contributed by atoms with van der Waals surface area (Å²) in [7, 11) is 1.23. The van der Waals surface area contributed by atoms with Crippen molar-refractivity contribution >= 4 is 23.7 Å². The molecule has 7 nitrogen and oxygen atoms in total. The number of nitrogens with zero attached hydrogens (tertiary/aromatic N) is 1. The van der Waals surface area contributed by atoms with Crippen LogP contribution in [0.2, 0.25) is 0 Å². The highest BCUT2D eigenvalue weighted by Crippen LogP contribution is 2.27. The summed E-state index contributed by atoms with van der Waals surface area (Å²) in [5.41, 5.74) is 0.677. The summed E-state index contributed by atoms with van der Waals surface area (Å²) >= 11 is 0. The van der Waals surface area contributed by atoms with Crippen LogP contribution in [0.1, 0.15) is 19.8 Å². The minimum absolute atomic E-state index is 0.0158. The Morgan fingerprint density at radius 1 is 1.28 bits per heavy atom. The number of likely N-dealkylation sites (tertiary alicyclic amines) is 1. The van der Waals surface area contributed by atoms with Crippen molar-refractivity contribution in [1.29, 1.82) is 0 Å². The van der Waals surface area contributed by atoms with Gasteiger partial charge in [-0.25, -0.2) is 9.59 Å². The molecular weight excluding hydrogens is 324 g/mol. The van der Waals surface area contributed by atoms with E-state index in [4.69, 9.17) is 4.74 Å². The topological polar surface area (TPSA) is 84.9 Å². The fourth-order valence-corrected chi connectivity index (χ4v) is 2.88. The maximum Gasteiger partial charge on any atom is 0.336 e. The molecule has 0 radical (unpaired) electrons. The Morgan fingerprint density at radius 2 is 1.96 bits per heavy atom. The van der Waals surface area contributed by atoms with E-state index in [0.29, 0.717) is 18.7 Å². The number of ether oxygens (including phenoxy) is 2. The standard InChI is InChI=1S/C18H22N2O5/c1-12(17(22)24-3)16(25-13(2)21)15-10-7-11-20(15)18(23)19-14-8-5-4-6-9-14/h4-6,8-9,15-16H,1,7,10-11H2,2-3H3,(H,19,23)/t15-,16?/m0/s1. The molecule has 0 aromatic heterocycles. The number of esters is 2. The number of rotatable bonds is 5. The Morgan fingerprint density at radius 3 is 2.56 bits per heavy atom. The number of hydrogen-bond donors (Lipinski definition) is 1. The Hall–Kier alpha value is -2.83. The van der Waals surface area contributed by atoms with Crippen LogP contribution in [0.3, 0.4) is 0 Å². The van der Waals surface area contributed by atoms with Crippen LogP contribution in [0, 0.1) is 0 Å². The highest BCUT2D eigenvalue weighted by molar-refractivity contribution is 5.91. The number of methoxy groups -OCH3 is 1. The lowest BCUT2D eigenvalue weighted by Crippen LogP contribution is -2.47. The molecule has 1 N–H and O–H groups in total. The fraction of sp³-hybridized carbons (Fsp3) is 0.389. The van der Waals surface area contributed by atoms with Crippen LogP contribution in [-0.2, 0) is 19.1 Å². The summed E-state index contributed by atoms with van der Waals surface area (Å²) in [5.74, 6) is -1.22. The van der Waals surface area contributed by atoms with Crippen LogP contribution in [0.25, 0.3) is 0 Å². The zero-order valence-electron chi connectivity index (χ0n) is 14.4. The zero-order valence-corrected chi connectivity index (χ0v) is 14.4. The molecule has 1 aromatic rings. The Labute approximate surface area is 146 Å². The lowest BCUT2D eigenvalue weighted by atomic mass is 10.0. The van der Waals surface area contributed by atoms with E-state index in [2.05, 4.69) is 16.6 Å². The first-order valence-corrected chi connectivity index (χ1v) is 8.01. The molecule has 2 rings (SSSR count). The number of carbonyl (C=O) groups excluding carboxylic acids is 3. The highest BCUT2D eigenvalue weighted by atomic mass is 16.6. The van der Waals surface area contributed by atoms with E-state index in [9.17, 15) is 14.4 Å². The molecule has 25 heavy (non-hydrogen) atoms. The van der Waals surface area contributed by atoms with Gasteiger partial charge in [0.2, 0.25) is 0 Å². The smallest absolute Gasteiger partial charge is 0.336 e. The van der Waals surface area contributed by atoms with Crippen LogP contribution in [-0.4, -0.2) is 48.7 Å². The van der Waals surface area contributed by atoms with Crippen molar-refractivity contribution in [2.24, 2.45) is 0 Å². The van der Waals surface area contributed by atoms with E-state index in [0.717, 1.165) is 6.42 Å². The van der Waals surface area contributed by atoms with Crippen LogP contribution in [0.4, 0.5) is 10.5 Å². The van der Waals surface area contributed by atoms with Crippen molar-refractivity contribution in [2.75, 3.05) is 19.0 Å². The molecule has 2 amide bonds. The number of amides is 2. The van der Waals surface area contributed by atoms with Gasteiger partial charge in [0.15, 0.2) is 6.10 Å². The summed E-state index contributed by atoms with van der Waals surface area (Å²) in [5, 5.41) is 2.80. The molecule has 1 heterocycles. The van der Waals surface area contributed by atoms with Crippen LogP contribution in [0.5, 0.6) is 0 Å². The van der Waals surface area contributed by atoms with Crippen molar-refractivity contribution < 1.29 is 23.9 Å². The summed E-state index contributed by atoms with van der Waals surface area (Å²) in [4.78, 5) is 37.5. The van der Waals surface area contributed by atoms with Gasteiger partial charge in [0.1, 0.15) is 0 Å². The van der Waals surface area contributed by atoms with Crippen molar-refractivity contribution in [3.8, 4) is 0 Å². The second-order valence-electron chi connectivity index (χ2n) is 5.75. The predicted octanol–water partition coefficient (Wildman–Crippen LogP) is 2.34. The minimum atomic E-state index is -0.936. The molecule has 0 spiro atoms. The molecule has 0 aliphatic carbocycles. The number of hydrogen-bond acceptors (Lipinski definition) is 5. The lowest BCUT2D eigenvalue weighted by molar-refractivity contribution is -0.149. The van der Waals surface area contributed by atoms with Crippen LogP contribution < -0.4 is 5.32 Å². The maximum absolute atomic E-state index is 12.6. The normalized spacial score (nSPS) is 17.5. The molecule has 1 saturated heterocycles. The first-order valence-electron chi connectivity index (χ1n) is 8.01. The average molecular weight is 346 g/mol. The Balaban J connectivity index is 2.17. The van der Waals surface area contributed by atoms with E-state index in [1.165, 1.54) is 14.0 Å². The maximum atomic E-state index is 12.6. The second kappa shape index (κ2) is 8.32. The summed E-state index contributed by atoms with van der Waals surface area (Å²) in [6.07, 6.45) is 0.392. The molecular formula is C18H22N2O5. The van der Waals surface area contributed by atoms with E-state index >= 15 is 0 Å².